The van der Waals surface area contributed by atoms with Gasteiger partial charge in [-0.25, -0.2) is 14.6 Å². The average Bonchev–Trinajstić information content (AvgIpc) is 3.20. The summed E-state index contributed by atoms with van der Waals surface area (Å²) in [6, 6.07) is 7.31. The fourth-order valence-corrected chi connectivity index (χ4v) is 3.30. The monoisotopic (exact) mass is 338 g/mol. The van der Waals surface area contributed by atoms with E-state index in [-0.39, 0.29) is 5.69 Å². The molecule has 2 aromatic heterocycles. The molecule has 7 heteroatoms. The number of hydrogen-bond acceptors (Lipinski definition) is 4. The molecule has 3 aromatic rings. The van der Waals surface area contributed by atoms with Gasteiger partial charge in [-0.15, -0.1) is 0 Å². The molecule has 0 saturated heterocycles. The van der Waals surface area contributed by atoms with Gasteiger partial charge in [-0.3, -0.25) is 0 Å². The van der Waals surface area contributed by atoms with E-state index in [4.69, 9.17) is 6.57 Å². The van der Waals surface area contributed by atoms with E-state index in [1.165, 1.54) is 11.5 Å². The second-order valence-electron chi connectivity index (χ2n) is 5.18. The van der Waals surface area contributed by atoms with Crippen LogP contribution < -0.4 is 0 Å². The Morgan fingerprint density at radius 1 is 1.33 bits per heavy atom. The molecule has 0 aliphatic carbocycles. The number of nitrogens with zero attached hydrogens (tertiary/aromatic N) is 4. The van der Waals surface area contributed by atoms with Crippen LogP contribution in [0.2, 0.25) is 0 Å². The molecule has 0 amide bonds. The number of carbonyl (C=O) groups is 1. The van der Waals surface area contributed by atoms with E-state index in [9.17, 15) is 9.90 Å². The smallest absolute Gasteiger partial charge is 0.351 e. The van der Waals surface area contributed by atoms with Crippen LogP contribution in [0.3, 0.4) is 0 Å². The van der Waals surface area contributed by atoms with Crippen molar-refractivity contribution in [2.75, 3.05) is 0 Å². The Morgan fingerprint density at radius 2 is 2.00 bits per heavy atom. The minimum Gasteiger partial charge on any atom is -0.477 e. The minimum atomic E-state index is -1.04. The Hall–Kier alpha value is -2.98. The average molecular weight is 338 g/mol. The minimum absolute atomic E-state index is 0.136. The lowest BCUT2D eigenvalue weighted by atomic mass is 10.0. The number of benzene rings is 1. The molecule has 0 fully saturated rings. The number of hydrogen-bond donors (Lipinski definition) is 1. The maximum absolute atomic E-state index is 11.7. The summed E-state index contributed by atoms with van der Waals surface area (Å²) in [7, 11) is 1.69. The van der Waals surface area contributed by atoms with Crippen LogP contribution in [0.15, 0.2) is 29.8 Å². The Labute approximate surface area is 143 Å². The highest BCUT2D eigenvalue weighted by Gasteiger charge is 2.25. The quantitative estimate of drug-likeness (QED) is 0.729. The van der Waals surface area contributed by atoms with Crippen molar-refractivity contribution in [3.05, 3.63) is 52.6 Å². The largest absolute Gasteiger partial charge is 0.477 e. The van der Waals surface area contributed by atoms with E-state index >= 15 is 0 Å². The van der Waals surface area contributed by atoms with Gasteiger partial charge in [-0.1, -0.05) is 31.2 Å². The fraction of sp³-hybridized carbons (Fsp3) is 0.176. The van der Waals surface area contributed by atoms with Crippen LogP contribution >= 0.6 is 11.5 Å². The number of rotatable bonds is 4. The number of carboxylic acid groups (broad SMARTS) is 1. The van der Waals surface area contributed by atoms with Gasteiger partial charge in [0.1, 0.15) is 11.2 Å². The van der Waals surface area contributed by atoms with Gasteiger partial charge in [-0.2, -0.15) is 4.37 Å². The van der Waals surface area contributed by atoms with Gasteiger partial charge in [-0.05, 0) is 23.5 Å². The van der Waals surface area contributed by atoms with E-state index in [0.29, 0.717) is 29.1 Å². The zero-order valence-electron chi connectivity index (χ0n) is 13.1. The van der Waals surface area contributed by atoms with E-state index in [1.54, 1.807) is 17.1 Å². The summed E-state index contributed by atoms with van der Waals surface area (Å²) in [5.74, 6) is -0.403. The van der Waals surface area contributed by atoms with Crippen LogP contribution in [0.25, 0.3) is 27.4 Å². The topological polar surface area (TPSA) is 72.4 Å². The van der Waals surface area contributed by atoms with Crippen molar-refractivity contribution in [3.8, 4) is 22.5 Å². The van der Waals surface area contributed by atoms with E-state index in [2.05, 4.69) is 14.2 Å². The zero-order valence-corrected chi connectivity index (χ0v) is 14.0. The summed E-state index contributed by atoms with van der Waals surface area (Å²) in [6.45, 7) is 9.40. The van der Waals surface area contributed by atoms with Crippen molar-refractivity contribution >= 4 is 23.2 Å². The Kier molecular flexibility index (Phi) is 4.15. The van der Waals surface area contributed by atoms with E-state index in [0.717, 1.165) is 11.3 Å². The van der Waals surface area contributed by atoms with Gasteiger partial charge in [0, 0.05) is 23.9 Å². The summed E-state index contributed by atoms with van der Waals surface area (Å²) in [4.78, 5) is 19.5. The molecule has 24 heavy (non-hydrogen) atoms. The standard InChI is InChI=1S/C17H14N4O2S/c1-4-12-14(18-2)13(15(17(22)23)21(12)3)10-5-7-11(8-6-10)16-19-9-24-20-16/h5-9H,4H2,1,3H3,(H,22,23). The van der Waals surface area contributed by atoms with Gasteiger partial charge in [0.05, 0.1) is 6.57 Å². The molecule has 0 radical (unpaired) electrons. The van der Waals surface area contributed by atoms with E-state index in [1.807, 2.05) is 31.2 Å². The molecule has 0 aliphatic rings. The van der Waals surface area contributed by atoms with Gasteiger partial charge >= 0.3 is 5.97 Å². The second kappa shape index (κ2) is 6.26. The molecule has 0 spiro atoms. The highest BCUT2D eigenvalue weighted by atomic mass is 32.1. The lowest BCUT2D eigenvalue weighted by molar-refractivity contribution is 0.0687. The second-order valence-corrected chi connectivity index (χ2v) is 5.78. The summed E-state index contributed by atoms with van der Waals surface area (Å²) in [5.41, 5.74) is 4.94. The summed E-state index contributed by atoms with van der Waals surface area (Å²) in [6.07, 6.45) is 0.593. The molecule has 0 atom stereocenters. The van der Waals surface area contributed by atoms with Crippen molar-refractivity contribution in [2.24, 2.45) is 7.05 Å². The Balaban J connectivity index is 2.19. The molecule has 3 rings (SSSR count). The van der Waals surface area contributed by atoms with Crippen molar-refractivity contribution in [3.63, 3.8) is 0 Å². The summed E-state index contributed by atoms with van der Waals surface area (Å²) >= 11 is 1.27. The Morgan fingerprint density at radius 3 is 2.50 bits per heavy atom. The molecule has 6 nitrogen and oxygen atoms in total. The molecule has 0 bridgehead atoms. The molecular formula is C17H14N4O2S. The van der Waals surface area contributed by atoms with Crippen LogP contribution in [0.5, 0.6) is 0 Å². The molecule has 120 valence electrons. The number of aromatic nitrogens is 3. The van der Waals surface area contributed by atoms with Gasteiger partial charge < -0.3 is 9.67 Å². The predicted molar refractivity (Wildman–Crippen MR) is 92.4 cm³/mol. The van der Waals surface area contributed by atoms with Crippen LogP contribution in [0.1, 0.15) is 23.1 Å². The molecule has 1 aromatic carbocycles. The SMILES string of the molecule is [C-]#[N+]c1c(-c2ccc(-c3ncsn3)cc2)c(C(=O)O)n(C)c1CC. The normalized spacial score (nSPS) is 10.5. The van der Waals surface area contributed by atoms with Crippen LogP contribution in [0, 0.1) is 6.57 Å². The fourth-order valence-electron chi connectivity index (χ4n) is 2.85. The zero-order chi connectivity index (χ0) is 17.3. The molecule has 0 saturated carbocycles. The third-order valence-corrected chi connectivity index (χ3v) is 4.41. The third-order valence-electron chi connectivity index (χ3n) is 3.93. The third kappa shape index (κ3) is 2.47. The molecule has 0 unspecified atom stereocenters. The van der Waals surface area contributed by atoms with Gasteiger partial charge in [0.15, 0.2) is 5.82 Å². The number of carboxylic acids is 1. The van der Waals surface area contributed by atoms with E-state index < -0.39 is 5.97 Å². The maximum Gasteiger partial charge on any atom is 0.351 e. The van der Waals surface area contributed by atoms with Crippen molar-refractivity contribution in [2.45, 2.75) is 13.3 Å². The summed E-state index contributed by atoms with van der Waals surface area (Å²) < 4.78 is 5.78. The van der Waals surface area contributed by atoms with Crippen molar-refractivity contribution in [1.82, 2.24) is 13.9 Å². The molecule has 2 heterocycles. The van der Waals surface area contributed by atoms with Crippen molar-refractivity contribution < 1.29 is 9.90 Å². The highest BCUT2D eigenvalue weighted by molar-refractivity contribution is 7.03. The van der Waals surface area contributed by atoms with Gasteiger partial charge in [0.2, 0.25) is 5.69 Å². The summed E-state index contributed by atoms with van der Waals surface area (Å²) in [5, 5.41) is 9.60. The maximum atomic E-state index is 11.7. The van der Waals surface area contributed by atoms with Crippen molar-refractivity contribution in [1.29, 1.82) is 0 Å². The lowest BCUT2D eigenvalue weighted by Crippen LogP contribution is -2.07. The first kappa shape index (κ1) is 15.9. The molecular weight excluding hydrogens is 324 g/mol. The first-order valence-electron chi connectivity index (χ1n) is 7.28. The molecule has 1 N–H and O–H groups in total. The van der Waals surface area contributed by atoms with Crippen LogP contribution in [0.4, 0.5) is 5.69 Å². The molecule has 0 aliphatic heterocycles. The predicted octanol–water partition coefficient (Wildman–Crippen LogP) is 4.02. The highest BCUT2D eigenvalue weighted by Crippen LogP contribution is 2.39. The van der Waals surface area contributed by atoms with Crippen LogP contribution in [-0.2, 0) is 13.5 Å². The lowest BCUT2D eigenvalue weighted by Gasteiger charge is -2.05. The van der Waals surface area contributed by atoms with Gasteiger partial charge in [0.25, 0.3) is 0 Å². The first-order chi connectivity index (χ1) is 11.6. The first-order valence-corrected chi connectivity index (χ1v) is 8.11. The van der Waals surface area contributed by atoms with Crippen LogP contribution in [-0.4, -0.2) is 25.0 Å². The number of aromatic carboxylic acids is 1. The Bertz CT molecular complexity index is 935.